The summed E-state index contributed by atoms with van der Waals surface area (Å²) in [6.45, 7) is 4.62. The van der Waals surface area contributed by atoms with Gasteiger partial charge in [-0.05, 0) is 19.8 Å². The average Bonchev–Trinajstić information content (AvgIpc) is 3.18. The minimum absolute atomic E-state index is 0.105. The molecule has 126 valence electrons. The lowest BCUT2D eigenvalue weighted by Gasteiger charge is -2.33. The van der Waals surface area contributed by atoms with Gasteiger partial charge in [0.05, 0.1) is 36.8 Å². The van der Waals surface area contributed by atoms with Gasteiger partial charge in [-0.1, -0.05) is 12.8 Å². The normalized spacial score (nSPS) is 22.3. The number of aromatic nitrogens is 2. The molecule has 1 saturated heterocycles. The molecular formula is C16H24N4O3. The molecule has 1 aliphatic heterocycles. The van der Waals surface area contributed by atoms with Crippen LogP contribution < -0.4 is 5.32 Å². The first-order chi connectivity index (χ1) is 11.1. The van der Waals surface area contributed by atoms with Crippen LogP contribution in [0, 0.1) is 6.92 Å². The van der Waals surface area contributed by atoms with Crippen LogP contribution in [0.2, 0.25) is 0 Å². The molecule has 7 nitrogen and oxygen atoms in total. The van der Waals surface area contributed by atoms with Crippen molar-refractivity contribution in [1.29, 1.82) is 0 Å². The van der Waals surface area contributed by atoms with E-state index in [4.69, 9.17) is 4.74 Å². The molecule has 23 heavy (non-hydrogen) atoms. The second kappa shape index (κ2) is 6.70. The SMILES string of the molecule is CC(=O)N1CCOCC1C(=O)Nc1cnn(C2CCCC2)c1C. The summed E-state index contributed by atoms with van der Waals surface area (Å²) in [7, 11) is 0. The van der Waals surface area contributed by atoms with Crippen LogP contribution in [0.5, 0.6) is 0 Å². The summed E-state index contributed by atoms with van der Waals surface area (Å²) in [5.74, 6) is -0.319. The monoisotopic (exact) mass is 320 g/mol. The maximum atomic E-state index is 12.5. The topological polar surface area (TPSA) is 76.5 Å². The number of nitrogens with one attached hydrogen (secondary N) is 1. The predicted octanol–water partition coefficient (Wildman–Crippen LogP) is 1.49. The Labute approximate surface area is 136 Å². The van der Waals surface area contributed by atoms with Crippen LogP contribution >= 0.6 is 0 Å². The molecule has 0 aromatic carbocycles. The number of carbonyl (C=O) groups is 2. The highest BCUT2D eigenvalue weighted by Gasteiger charge is 2.32. The van der Waals surface area contributed by atoms with Gasteiger partial charge in [0, 0.05) is 13.5 Å². The van der Waals surface area contributed by atoms with E-state index in [9.17, 15) is 9.59 Å². The molecule has 0 bridgehead atoms. The largest absolute Gasteiger partial charge is 0.377 e. The molecule has 1 aromatic heterocycles. The Morgan fingerprint density at radius 1 is 1.35 bits per heavy atom. The number of amides is 2. The Kier molecular flexibility index (Phi) is 4.66. The number of hydrogen-bond acceptors (Lipinski definition) is 4. The van der Waals surface area contributed by atoms with Gasteiger partial charge in [0.2, 0.25) is 11.8 Å². The quantitative estimate of drug-likeness (QED) is 0.915. The van der Waals surface area contributed by atoms with Gasteiger partial charge < -0.3 is 15.0 Å². The maximum absolute atomic E-state index is 12.5. The number of ether oxygens (including phenoxy) is 1. The van der Waals surface area contributed by atoms with Crippen molar-refractivity contribution in [2.24, 2.45) is 0 Å². The number of anilines is 1. The Morgan fingerprint density at radius 2 is 2.09 bits per heavy atom. The molecule has 2 fully saturated rings. The fourth-order valence-electron chi connectivity index (χ4n) is 3.48. The van der Waals surface area contributed by atoms with E-state index in [-0.39, 0.29) is 18.4 Å². The molecule has 2 heterocycles. The third kappa shape index (κ3) is 3.24. The zero-order valence-corrected chi connectivity index (χ0v) is 13.7. The average molecular weight is 320 g/mol. The lowest BCUT2D eigenvalue weighted by atomic mass is 10.2. The van der Waals surface area contributed by atoms with E-state index in [1.54, 1.807) is 11.1 Å². The van der Waals surface area contributed by atoms with Crippen LogP contribution in [0.15, 0.2) is 6.20 Å². The summed E-state index contributed by atoms with van der Waals surface area (Å²) in [5, 5.41) is 7.35. The molecular weight excluding hydrogens is 296 g/mol. The maximum Gasteiger partial charge on any atom is 0.249 e. The second-order valence-corrected chi connectivity index (χ2v) is 6.32. The minimum Gasteiger partial charge on any atom is -0.377 e. The molecule has 7 heteroatoms. The first-order valence-corrected chi connectivity index (χ1v) is 8.28. The van der Waals surface area contributed by atoms with E-state index >= 15 is 0 Å². The van der Waals surface area contributed by atoms with Crippen LogP contribution in [-0.4, -0.2) is 52.3 Å². The van der Waals surface area contributed by atoms with E-state index < -0.39 is 6.04 Å². The van der Waals surface area contributed by atoms with Crippen molar-refractivity contribution in [2.45, 2.75) is 51.6 Å². The highest BCUT2D eigenvalue weighted by atomic mass is 16.5. The van der Waals surface area contributed by atoms with Gasteiger partial charge in [-0.15, -0.1) is 0 Å². The first kappa shape index (κ1) is 16.0. The van der Waals surface area contributed by atoms with E-state index in [0.717, 1.165) is 24.2 Å². The molecule has 0 radical (unpaired) electrons. The van der Waals surface area contributed by atoms with E-state index in [1.807, 2.05) is 11.6 Å². The summed E-state index contributed by atoms with van der Waals surface area (Å²) in [6, 6.07) is -0.136. The molecule has 1 aromatic rings. The molecule has 0 spiro atoms. The molecule has 1 atom stereocenters. The van der Waals surface area contributed by atoms with Crippen molar-refractivity contribution in [3.05, 3.63) is 11.9 Å². The number of nitrogens with zero attached hydrogens (tertiary/aromatic N) is 3. The van der Waals surface area contributed by atoms with Gasteiger partial charge in [0.25, 0.3) is 0 Å². The Balaban J connectivity index is 1.71. The van der Waals surface area contributed by atoms with Crippen LogP contribution in [0.1, 0.15) is 44.3 Å². The van der Waals surface area contributed by atoms with E-state index in [2.05, 4.69) is 10.4 Å². The predicted molar refractivity (Wildman–Crippen MR) is 85.1 cm³/mol. The van der Waals surface area contributed by atoms with Crippen LogP contribution in [-0.2, 0) is 14.3 Å². The Morgan fingerprint density at radius 3 is 2.78 bits per heavy atom. The highest BCUT2D eigenvalue weighted by Crippen LogP contribution is 2.31. The lowest BCUT2D eigenvalue weighted by Crippen LogP contribution is -2.53. The first-order valence-electron chi connectivity index (χ1n) is 8.28. The van der Waals surface area contributed by atoms with Crippen LogP contribution in [0.25, 0.3) is 0 Å². The van der Waals surface area contributed by atoms with Crippen LogP contribution in [0.4, 0.5) is 5.69 Å². The lowest BCUT2D eigenvalue weighted by molar-refractivity contribution is -0.144. The van der Waals surface area contributed by atoms with E-state index in [0.29, 0.717) is 19.2 Å². The van der Waals surface area contributed by atoms with Crippen LogP contribution in [0.3, 0.4) is 0 Å². The molecule has 1 saturated carbocycles. The molecule has 2 amide bonds. The minimum atomic E-state index is -0.574. The number of carbonyl (C=O) groups excluding carboxylic acids is 2. The van der Waals surface area contributed by atoms with Gasteiger partial charge in [-0.2, -0.15) is 5.10 Å². The molecule has 2 aliphatic rings. The number of rotatable bonds is 3. The summed E-state index contributed by atoms with van der Waals surface area (Å²) < 4.78 is 7.38. The summed E-state index contributed by atoms with van der Waals surface area (Å²) >= 11 is 0. The zero-order chi connectivity index (χ0) is 16.4. The standard InChI is InChI=1S/C16H24N4O3/c1-11-14(9-17-20(11)13-5-3-4-6-13)18-16(22)15-10-23-8-7-19(15)12(2)21/h9,13,15H,3-8,10H2,1-2H3,(H,18,22). The molecule has 1 aliphatic carbocycles. The summed E-state index contributed by atoms with van der Waals surface area (Å²) in [5.41, 5.74) is 1.69. The van der Waals surface area contributed by atoms with Gasteiger partial charge in [0.15, 0.2) is 0 Å². The van der Waals surface area contributed by atoms with Crippen molar-refractivity contribution in [3.63, 3.8) is 0 Å². The smallest absolute Gasteiger partial charge is 0.249 e. The Hall–Kier alpha value is -1.89. The van der Waals surface area contributed by atoms with Crippen molar-refractivity contribution in [1.82, 2.24) is 14.7 Å². The summed E-state index contributed by atoms with van der Waals surface area (Å²) in [6.07, 6.45) is 6.46. The van der Waals surface area contributed by atoms with Gasteiger partial charge >= 0.3 is 0 Å². The van der Waals surface area contributed by atoms with Gasteiger partial charge in [-0.3, -0.25) is 14.3 Å². The third-order valence-corrected chi connectivity index (χ3v) is 4.81. The van der Waals surface area contributed by atoms with Crippen molar-refractivity contribution in [3.8, 4) is 0 Å². The third-order valence-electron chi connectivity index (χ3n) is 4.81. The number of hydrogen-bond donors (Lipinski definition) is 1. The van der Waals surface area contributed by atoms with E-state index in [1.165, 1.54) is 19.8 Å². The van der Waals surface area contributed by atoms with Crippen molar-refractivity contribution in [2.75, 3.05) is 25.1 Å². The second-order valence-electron chi connectivity index (χ2n) is 6.32. The van der Waals surface area contributed by atoms with Crippen molar-refractivity contribution < 1.29 is 14.3 Å². The fourth-order valence-corrected chi connectivity index (χ4v) is 3.48. The summed E-state index contributed by atoms with van der Waals surface area (Å²) in [4.78, 5) is 25.8. The fraction of sp³-hybridized carbons (Fsp3) is 0.688. The Bertz CT molecular complexity index is 592. The zero-order valence-electron chi connectivity index (χ0n) is 13.7. The highest BCUT2D eigenvalue weighted by molar-refractivity contribution is 5.97. The molecule has 3 rings (SSSR count). The number of morpholine rings is 1. The molecule has 1 N–H and O–H groups in total. The van der Waals surface area contributed by atoms with Crippen molar-refractivity contribution >= 4 is 17.5 Å². The van der Waals surface area contributed by atoms with Gasteiger partial charge in [-0.25, -0.2) is 0 Å². The molecule has 1 unspecified atom stereocenters. The van der Waals surface area contributed by atoms with Gasteiger partial charge in [0.1, 0.15) is 6.04 Å².